The molecule has 0 spiro atoms. The highest BCUT2D eigenvalue weighted by Gasteiger charge is 2.40. The van der Waals surface area contributed by atoms with Crippen LogP contribution in [0.15, 0.2) is 0 Å². The molecule has 0 saturated carbocycles. The lowest BCUT2D eigenvalue weighted by atomic mass is 10.0. The SMILES string of the molecule is N[C@@H](C=O)[C@@H](O)[C@H](OS(=O)(=O)O)[C@@H](COS(=O)(=O)O)OS(=O)(=O)O. The van der Waals surface area contributed by atoms with Crippen LogP contribution in [0.4, 0.5) is 0 Å². The molecule has 0 aliphatic carbocycles. The Balaban J connectivity index is 5.79. The molecule has 0 aromatic rings. The fourth-order valence-electron chi connectivity index (χ4n) is 1.27. The Hall–Kier alpha value is -0.800. The molecule has 0 unspecified atom stereocenters. The van der Waals surface area contributed by atoms with Gasteiger partial charge in [-0.3, -0.25) is 13.7 Å². The summed E-state index contributed by atoms with van der Waals surface area (Å²) in [6.07, 6.45) is -7.57. The third-order valence-corrected chi connectivity index (χ3v) is 3.50. The molecule has 0 radical (unpaired) electrons. The lowest BCUT2D eigenvalue weighted by Crippen LogP contribution is -2.53. The van der Waals surface area contributed by atoms with Gasteiger partial charge >= 0.3 is 31.2 Å². The first kappa shape index (κ1) is 23.2. The van der Waals surface area contributed by atoms with Gasteiger partial charge < -0.3 is 15.6 Å². The highest BCUT2D eigenvalue weighted by Crippen LogP contribution is 2.16. The minimum Gasteiger partial charge on any atom is -0.388 e. The number of aliphatic hydroxyl groups excluding tert-OH is 1. The van der Waals surface area contributed by atoms with Crippen LogP contribution in [0.2, 0.25) is 0 Å². The molecule has 0 rings (SSSR count). The van der Waals surface area contributed by atoms with E-state index in [1.165, 1.54) is 0 Å². The number of nitrogens with two attached hydrogens (primary N) is 1. The molecule has 0 fully saturated rings. The number of rotatable bonds is 11. The van der Waals surface area contributed by atoms with Gasteiger partial charge in [0.05, 0.1) is 12.6 Å². The van der Waals surface area contributed by atoms with Crippen molar-refractivity contribution >= 4 is 37.5 Å². The number of hydrogen-bond acceptors (Lipinski definition) is 12. The van der Waals surface area contributed by atoms with E-state index in [0.29, 0.717) is 0 Å². The fraction of sp³-hybridized carbons (Fsp3) is 0.833. The first-order valence-corrected chi connectivity index (χ1v) is 9.47. The van der Waals surface area contributed by atoms with Crippen LogP contribution >= 0.6 is 0 Å². The monoisotopic (exact) mass is 419 g/mol. The minimum atomic E-state index is -5.42. The van der Waals surface area contributed by atoms with Crippen molar-refractivity contribution in [1.82, 2.24) is 0 Å². The summed E-state index contributed by atoms with van der Waals surface area (Å²) in [5, 5.41) is 9.66. The van der Waals surface area contributed by atoms with Crippen LogP contribution in [-0.4, -0.2) is 81.3 Å². The van der Waals surface area contributed by atoms with Crippen molar-refractivity contribution in [3.63, 3.8) is 0 Å². The topological polar surface area (TPSA) is 254 Å². The van der Waals surface area contributed by atoms with Crippen LogP contribution in [0.5, 0.6) is 0 Å². The molecule has 6 N–H and O–H groups in total. The van der Waals surface area contributed by atoms with Crippen LogP contribution in [-0.2, 0) is 48.5 Å². The van der Waals surface area contributed by atoms with E-state index in [4.69, 9.17) is 19.4 Å². The largest absolute Gasteiger partial charge is 0.397 e. The zero-order valence-corrected chi connectivity index (χ0v) is 13.7. The molecule has 0 aliphatic rings. The number of carbonyl (C=O) groups is 1. The van der Waals surface area contributed by atoms with Crippen molar-refractivity contribution in [2.45, 2.75) is 24.4 Å². The Morgan fingerprint density at radius 3 is 1.71 bits per heavy atom. The summed E-state index contributed by atoms with van der Waals surface area (Å²) >= 11 is 0. The van der Waals surface area contributed by atoms with Crippen molar-refractivity contribution in [2.75, 3.05) is 6.61 Å². The van der Waals surface area contributed by atoms with Gasteiger partial charge in [-0.2, -0.15) is 25.3 Å². The van der Waals surface area contributed by atoms with Crippen molar-refractivity contribution in [1.29, 1.82) is 0 Å². The van der Waals surface area contributed by atoms with Crippen LogP contribution < -0.4 is 5.73 Å². The summed E-state index contributed by atoms with van der Waals surface area (Å²) in [6, 6.07) is -1.92. The molecule has 0 heterocycles. The van der Waals surface area contributed by atoms with E-state index in [-0.39, 0.29) is 6.29 Å². The molecule has 0 saturated heterocycles. The van der Waals surface area contributed by atoms with Gasteiger partial charge in [-0.25, -0.2) is 12.5 Å². The maximum absolute atomic E-state index is 10.7. The van der Waals surface area contributed by atoms with Gasteiger partial charge in [-0.1, -0.05) is 0 Å². The molecule has 15 nitrogen and oxygen atoms in total. The van der Waals surface area contributed by atoms with Crippen molar-refractivity contribution in [2.24, 2.45) is 5.73 Å². The molecule has 0 aromatic heterocycles. The Bertz CT molecular complexity index is 724. The van der Waals surface area contributed by atoms with E-state index in [0.717, 1.165) is 0 Å². The van der Waals surface area contributed by atoms with E-state index < -0.39 is 62.2 Å². The van der Waals surface area contributed by atoms with E-state index in [1.807, 2.05) is 0 Å². The summed E-state index contributed by atoms with van der Waals surface area (Å²) in [6.45, 7) is -1.54. The molecule has 0 aromatic carbocycles. The maximum atomic E-state index is 10.7. The second-order valence-electron chi connectivity index (χ2n) is 3.97. The van der Waals surface area contributed by atoms with Gasteiger partial charge in [-0.05, 0) is 0 Å². The first-order valence-electron chi connectivity index (χ1n) is 5.38. The molecule has 144 valence electrons. The standard InChI is InChI=1S/C6H13NO14S3/c7-3(1-8)5(9)6(21-24(16,17)18)4(20-23(13,14)15)2-19-22(10,11)12/h1,3-6,9H,2,7H2,(H,10,11,12)(H,13,14,15)(H,16,17,18)/t3-,4+,5+,6+/m0/s1. The third-order valence-electron chi connectivity index (χ3n) is 2.11. The molecule has 0 amide bonds. The predicted molar refractivity (Wildman–Crippen MR) is 70.4 cm³/mol. The first-order chi connectivity index (χ1) is 10.6. The van der Waals surface area contributed by atoms with Gasteiger partial charge in [0.25, 0.3) is 0 Å². The van der Waals surface area contributed by atoms with Crippen LogP contribution in [0.25, 0.3) is 0 Å². The highest BCUT2D eigenvalue weighted by molar-refractivity contribution is 7.81. The summed E-state index contributed by atoms with van der Waals surface area (Å²) in [4.78, 5) is 10.5. The zero-order valence-electron chi connectivity index (χ0n) is 11.3. The van der Waals surface area contributed by atoms with Crippen molar-refractivity contribution in [3.05, 3.63) is 0 Å². The number of carbonyl (C=O) groups excluding carboxylic acids is 1. The van der Waals surface area contributed by atoms with Crippen LogP contribution in [0.1, 0.15) is 0 Å². The zero-order chi connectivity index (χ0) is 19.3. The molecule has 24 heavy (non-hydrogen) atoms. The van der Waals surface area contributed by atoms with E-state index >= 15 is 0 Å². The number of hydrogen-bond donors (Lipinski definition) is 5. The summed E-state index contributed by atoms with van der Waals surface area (Å²) in [7, 11) is -16.0. The van der Waals surface area contributed by atoms with E-state index in [1.54, 1.807) is 0 Å². The molecule has 18 heteroatoms. The van der Waals surface area contributed by atoms with Crippen LogP contribution in [0.3, 0.4) is 0 Å². The second-order valence-corrected chi connectivity index (χ2v) is 7.15. The fourth-order valence-corrected chi connectivity index (χ4v) is 2.57. The van der Waals surface area contributed by atoms with Gasteiger partial charge in [-0.15, -0.1) is 0 Å². The van der Waals surface area contributed by atoms with Gasteiger partial charge in [0, 0.05) is 0 Å². The van der Waals surface area contributed by atoms with Crippen molar-refractivity contribution < 1.29 is 61.4 Å². The third kappa shape index (κ3) is 10.1. The molecule has 0 aliphatic heterocycles. The molecule has 0 bridgehead atoms. The van der Waals surface area contributed by atoms with Gasteiger partial charge in [0.1, 0.15) is 24.6 Å². The van der Waals surface area contributed by atoms with E-state index in [2.05, 4.69) is 12.5 Å². The summed E-state index contributed by atoms with van der Waals surface area (Å²) in [5.74, 6) is 0. The molecular weight excluding hydrogens is 406 g/mol. The lowest BCUT2D eigenvalue weighted by molar-refractivity contribution is -0.115. The Kier molecular flexibility index (Phi) is 8.25. The Morgan fingerprint density at radius 1 is 0.917 bits per heavy atom. The quantitative estimate of drug-likeness (QED) is 0.158. The van der Waals surface area contributed by atoms with E-state index in [9.17, 15) is 35.2 Å². The van der Waals surface area contributed by atoms with Crippen LogP contribution in [0, 0.1) is 0 Å². The lowest BCUT2D eigenvalue weighted by Gasteiger charge is -2.28. The van der Waals surface area contributed by atoms with Gasteiger partial charge in [0.2, 0.25) is 0 Å². The number of aliphatic hydroxyl groups is 1. The number of aldehydes is 1. The van der Waals surface area contributed by atoms with Crippen molar-refractivity contribution in [3.8, 4) is 0 Å². The summed E-state index contributed by atoms with van der Waals surface area (Å²) < 4.78 is 101. The Morgan fingerprint density at radius 2 is 1.38 bits per heavy atom. The minimum absolute atomic E-state index is 0.140. The molecule has 4 atom stereocenters. The smallest absolute Gasteiger partial charge is 0.388 e. The Labute approximate surface area is 136 Å². The average molecular weight is 419 g/mol. The second kappa shape index (κ2) is 8.53. The summed E-state index contributed by atoms with van der Waals surface area (Å²) in [5.41, 5.74) is 5.07. The van der Waals surface area contributed by atoms with Gasteiger partial charge in [0.15, 0.2) is 0 Å². The normalized spacial score (nSPS) is 18.5. The predicted octanol–water partition coefficient (Wildman–Crippen LogP) is -3.93. The average Bonchev–Trinajstić information content (AvgIpc) is 2.36. The highest BCUT2D eigenvalue weighted by atomic mass is 32.3. The maximum Gasteiger partial charge on any atom is 0.397 e. The molecular formula is C6H13NO14S3.